The van der Waals surface area contributed by atoms with Crippen molar-refractivity contribution in [2.24, 2.45) is 0 Å². The molecule has 0 bridgehead atoms. The van der Waals surface area contributed by atoms with Gasteiger partial charge in [-0.15, -0.1) is 0 Å². The van der Waals surface area contributed by atoms with E-state index >= 15 is 0 Å². The van der Waals surface area contributed by atoms with E-state index in [4.69, 9.17) is 5.11 Å². The Morgan fingerprint density at radius 1 is 1.28 bits per heavy atom. The highest BCUT2D eigenvalue weighted by Crippen LogP contribution is 2.35. The van der Waals surface area contributed by atoms with Crippen molar-refractivity contribution in [3.8, 4) is 0 Å². The van der Waals surface area contributed by atoms with Crippen LogP contribution in [0.3, 0.4) is 0 Å². The number of aliphatic hydroxyl groups excluding tert-OH is 1. The summed E-state index contributed by atoms with van der Waals surface area (Å²) in [5.41, 5.74) is 1.91. The van der Waals surface area contributed by atoms with E-state index in [0.717, 1.165) is 11.1 Å². The van der Waals surface area contributed by atoms with Gasteiger partial charge in [-0.05, 0) is 24.0 Å². The number of benzene rings is 1. The van der Waals surface area contributed by atoms with Crippen molar-refractivity contribution in [1.29, 1.82) is 0 Å². The summed E-state index contributed by atoms with van der Waals surface area (Å²) in [6.45, 7) is 4.64. The van der Waals surface area contributed by atoms with Crippen LogP contribution in [0, 0.1) is 0 Å². The molecule has 1 atom stereocenters. The molecule has 0 aliphatic carbocycles. The lowest BCUT2D eigenvalue weighted by Gasteiger charge is -2.40. The Hall–Kier alpha value is -2.14. The lowest BCUT2D eigenvalue weighted by Crippen LogP contribution is -2.46. The molecule has 1 heterocycles. The van der Waals surface area contributed by atoms with Gasteiger partial charge in [0, 0.05) is 18.4 Å². The minimum Gasteiger partial charge on any atom is -0.481 e. The first kappa shape index (κ1) is 19.2. The molecule has 0 aromatic heterocycles. The van der Waals surface area contributed by atoms with Gasteiger partial charge >= 0.3 is 5.97 Å². The standard InChI is InChI=1S/C20H27NO4/c1-20(2,14-22)16-10-8-15(9-11-16)17-13-18(23)21(17)12-6-4-3-5-7-19(24)25/h4,6,8-11,17,22H,3,5,7,12-14H2,1-2H3,(H,24,25)/b6-4-/t17-/m1/s1. The number of hydrogen-bond donors (Lipinski definition) is 2. The van der Waals surface area contributed by atoms with Gasteiger partial charge < -0.3 is 15.1 Å². The van der Waals surface area contributed by atoms with E-state index < -0.39 is 5.97 Å². The van der Waals surface area contributed by atoms with Gasteiger partial charge in [-0.2, -0.15) is 0 Å². The smallest absolute Gasteiger partial charge is 0.303 e. The number of allylic oxidation sites excluding steroid dienone is 1. The summed E-state index contributed by atoms with van der Waals surface area (Å²) in [4.78, 5) is 24.2. The summed E-state index contributed by atoms with van der Waals surface area (Å²) in [5, 5.41) is 18.1. The highest BCUT2D eigenvalue weighted by atomic mass is 16.4. The van der Waals surface area contributed by atoms with Gasteiger partial charge in [0.1, 0.15) is 0 Å². The number of rotatable bonds is 9. The van der Waals surface area contributed by atoms with Crippen LogP contribution in [0.2, 0.25) is 0 Å². The number of aliphatic carboxylic acids is 1. The van der Waals surface area contributed by atoms with E-state index in [-0.39, 0.29) is 30.4 Å². The molecule has 0 saturated carbocycles. The Bertz CT molecular complexity index is 634. The first-order chi connectivity index (χ1) is 11.8. The van der Waals surface area contributed by atoms with Crippen molar-refractivity contribution in [3.05, 3.63) is 47.5 Å². The van der Waals surface area contributed by atoms with E-state index in [2.05, 4.69) is 0 Å². The number of nitrogens with zero attached hydrogens (tertiary/aromatic N) is 1. The fraction of sp³-hybridized carbons (Fsp3) is 0.500. The van der Waals surface area contributed by atoms with Crippen molar-refractivity contribution in [2.75, 3.05) is 13.2 Å². The first-order valence-corrected chi connectivity index (χ1v) is 8.72. The number of likely N-dealkylation sites (tertiary alicyclic amines) is 1. The maximum Gasteiger partial charge on any atom is 0.303 e. The monoisotopic (exact) mass is 345 g/mol. The molecule has 2 N–H and O–H groups in total. The molecule has 0 spiro atoms. The predicted molar refractivity (Wildman–Crippen MR) is 96.3 cm³/mol. The third kappa shape index (κ3) is 4.92. The summed E-state index contributed by atoms with van der Waals surface area (Å²) in [6.07, 6.45) is 5.91. The topological polar surface area (TPSA) is 77.8 Å². The third-order valence-electron chi connectivity index (χ3n) is 4.77. The highest BCUT2D eigenvalue weighted by Gasteiger charge is 2.36. The van der Waals surface area contributed by atoms with Gasteiger partial charge in [-0.3, -0.25) is 9.59 Å². The maximum atomic E-state index is 11.9. The molecule has 25 heavy (non-hydrogen) atoms. The van der Waals surface area contributed by atoms with E-state index in [1.807, 2.05) is 55.2 Å². The van der Waals surface area contributed by atoms with Crippen molar-refractivity contribution in [1.82, 2.24) is 4.90 Å². The third-order valence-corrected chi connectivity index (χ3v) is 4.77. The molecule has 1 fully saturated rings. The molecule has 5 heteroatoms. The quantitative estimate of drug-likeness (QED) is 0.410. The summed E-state index contributed by atoms with van der Waals surface area (Å²) in [6, 6.07) is 8.21. The zero-order valence-corrected chi connectivity index (χ0v) is 14.9. The molecule has 1 aromatic rings. The van der Waals surface area contributed by atoms with E-state index in [0.29, 0.717) is 25.8 Å². The number of aliphatic hydroxyl groups is 1. The Morgan fingerprint density at radius 2 is 1.96 bits per heavy atom. The van der Waals surface area contributed by atoms with Crippen LogP contribution < -0.4 is 0 Å². The zero-order valence-electron chi connectivity index (χ0n) is 14.9. The summed E-state index contributed by atoms with van der Waals surface area (Å²) in [5.74, 6) is -0.640. The number of amides is 1. The molecule has 0 radical (unpaired) electrons. The van der Waals surface area contributed by atoms with Gasteiger partial charge in [0.25, 0.3) is 0 Å². The van der Waals surface area contributed by atoms with Gasteiger partial charge in [0.2, 0.25) is 5.91 Å². The molecular weight excluding hydrogens is 318 g/mol. The zero-order chi connectivity index (χ0) is 18.4. The van der Waals surface area contributed by atoms with Crippen LogP contribution in [0.25, 0.3) is 0 Å². The normalized spacial score (nSPS) is 17.8. The number of carboxylic acid groups (broad SMARTS) is 1. The average Bonchev–Trinajstić information content (AvgIpc) is 2.58. The molecule has 1 aliphatic heterocycles. The molecule has 1 saturated heterocycles. The maximum absolute atomic E-state index is 11.9. The SMILES string of the molecule is CC(C)(CO)c1ccc([C@H]2CC(=O)N2C/C=C\CCCC(=O)O)cc1. The molecule has 1 aliphatic rings. The molecule has 1 aromatic carbocycles. The van der Waals surface area contributed by atoms with Crippen LogP contribution in [-0.4, -0.2) is 40.1 Å². The van der Waals surface area contributed by atoms with E-state index in [1.165, 1.54) is 0 Å². The number of hydrogen-bond acceptors (Lipinski definition) is 3. The van der Waals surface area contributed by atoms with Crippen LogP contribution >= 0.6 is 0 Å². The van der Waals surface area contributed by atoms with Gasteiger partial charge in [-0.1, -0.05) is 50.3 Å². The Kier molecular flexibility index (Phi) is 6.37. The Balaban J connectivity index is 1.90. The molecule has 1 amide bonds. The minimum absolute atomic E-state index is 0.0903. The first-order valence-electron chi connectivity index (χ1n) is 8.72. The molecular formula is C20H27NO4. The lowest BCUT2D eigenvalue weighted by atomic mass is 9.84. The number of unbranched alkanes of at least 4 members (excludes halogenated alkanes) is 1. The predicted octanol–water partition coefficient (Wildman–Crippen LogP) is 3.04. The lowest BCUT2D eigenvalue weighted by molar-refractivity contribution is -0.145. The van der Waals surface area contributed by atoms with Crippen molar-refractivity contribution < 1.29 is 19.8 Å². The van der Waals surface area contributed by atoms with Gasteiger partial charge in [0.05, 0.1) is 19.1 Å². The van der Waals surface area contributed by atoms with Gasteiger partial charge in [0.15, 0.2) is 0 Å². The second-order valence-corrected chi connectivity index (χ2v) is 7.19. The summed E-state index contributed by atoms with van der Waals surface area (Å²) in [7, 11) is 0. The molecule has 0 unspecified atom stereocenters. The van der Waals surface area contributed by atoms with Crippen LogP contribution in [0.5, 0.6) is 0 Å². The minimum atomic E-state index is -0.779. The average molecular weight is 345 g/mol. The van der Waals surface area contributed by atoms with Crippen molar-refractivity contribution in [3.63, 3.8) is 0 Å². The summed E-state index contributed by atoms with van der Waals surface area (Å²) < 4.78 is 0. The largest absolute Gasteiger partial charge is 0.481 e. The summed E-state index contributed by atoms with van der Waals surface area (Å²) >= 11 is 0. The Labute approximate surface area is 149 Å². The van der Waals surface area contributed by atoms with Crippen LogP contribution in [0.1, 0.15) is 56.7 Å². The van der Waals surface area contributed by atoms with Crippen LogP contribution in [-0.2, 0) is 15.0 Å². The van der Waals surface area contributed by atoms with E-state index in [9.17, 15) is 14.7 Å². The highest BCUT2D eigenvalue weighted by molar-refractivity contribution is 5.83. The second kappa shape index (κ2) is 8.30. The second-order valence-electron chi connectivity index (χ2n) is 7.19. The Morgan fingerprint density at radius 3 is 2.52 bits per heavy atom. The fourth-order valence-corrected chi connectivity index (χ4v) is 2.91. The van der Waals surface area contributed by atoms with Crippen LogP contribution in [0.15, 0.2) is 36.4 Å². The molecule has 5 nitrogen and oxygen atoms in total. The van der Waals surface area contributed by atoms with Crippen molar-refractivity contribution in [2.45, 2.75) is 51.0 Å². The van der Waals surface area contributed by atoms with E-state index in [1.54, 1.807) is 0 Å². The fourth-order valence-electron chi connectivity index (χ4n) is 2.91. The molecule has 136 valence electrons. The van der Waals surface area contributed by atoms with Gasteiger partial charge in [-0.25, -0.2) is 0 Å². The molecule has 2 rings (SSSR count). The van der Waals surface area contributed by atoms with Crippen molar-refractivity contribution >= 4 is 11.9 Å². The number of β-lactam (4-membered cyclic amide) rings is 1. The number of carboxylic acids is 1. The number of carbonyl (C=O) groups excluding carboxylic acids is 1. The number of carbonyl (C=O) groups is 2. The van der Waals surface area contributed by atoms with Crippen LogP contribution in [0.4, 0.5) is 0 Å².